The second kappa shape index (κ2) is 6.33. The van der Waals surface area contributed by atoms with Crippen molar-refractivity contribution >= 4 is 44.5 Å². The highest BCUT2D eigenvalue weighted by Gasteiger charge is 2.35. The first-order chi connectivity index (χ1) is 12.4. The van der Waals surface area contributed by atoms with E-state index >= 15 is 0 Å². The van der Waals surface area contributed by atoms with Gasteiger partial charge in [-0.1, -0.05) is 15.9 Å². The van der Waals surface area contributed by atoms with Crippen LogP contribution in [0, 0.1) is 0 Å². The number of amides is 1. The highest BCUT2D eigenvalue weighted by molar-refractivity contribution is 9.10. The Labute approximate surface area is 157 Å². The molecule has 1 amide bonds. The highest BCUT2D eigenvalue weighted by Crippen LogP contribution is 2.40. The molecule has 0 radical (unpaired) electrons. The Kier molecular flexibility index (Phi) is 4.12. The maximum Gasteiger partial charge on any atom is 0.238 e. The second-order valence-corrected chi connectivity index (χ2v) is 7.27. The summed E-state index contributed by atoms with van der Waals surface area (Å²) in [5, 5.41) is 20.5. The minimum Gasteiger partial charge on any atom is -0.392 e. The van der Waals surface area contributed by atoms with Crippen LogP contribution in [0.5, 0.6) is 0 Å². The molecule has 4 rings (SSSR count). The van der Waals surface area contributed by atoms with Gasteiger partial charge in [0, 0.05) is 29.9 Å². The average molecular weight is 417 g/mol. The summed E-state index contributed by atoms with van der Waals surface area (Å²) in [6.45, 7) is 1.97. The van der Waals surface area contributed by atoms with Crippen molar-refractivity contribution in [1.29, 1.82) is 0 Å². The number of hydrogen-bond acceptors (Lipinski definition) is 6. The first kappa shape index (κ1) is 16.9. The van der Waals surface area contributed by atoms with E-state index in [4.69, 9.17) is 0 Å². The largest absolute Gasteiger partial charge is 0.392 e. The number of hydrogen-bond donors (Lipinski definition) is 3. The van der Waals surface area contributed by atoms with Crippen molar-refractivity contribution in [3.63, 3.8) is 0 Å². The van der Waals surface area contributed by atoms with Gasteiger partial charge in [0.15, 0.2) is 5.65 Å². The Morgan fingerprint density at radius 2 is 2.23 bits per heavy atom. The van der Waals surface area contributed by atoms with Gasteiger partial charge in [-0.15, -0.1) is 0 Å². The molecular weight excluding hydrogens is 400 g/mol. The van der Waals surface area contributed by atoms with E-state index < -0.39 is 12.0 Å². The number of fused-ring (bicyclic) bond motifs is 2. The Hall–Kier alpha value is -2.52. The molecule has 0 spiro atoms. The molecule has 0 aliphatic carbocycles. The van der Waals surface area contributed by atoms with Gasteiger partial charge in [0.2, 0.25) is 11.9 Å². The summed E-state index contributed by atoms with van der Waals surface area (Å²) in [6.07, 6.45) is 1.26. The number of nitrogens with zero attached hydrogens (tertiary/aromatic N) is 4. The van der Waals surface area contributed by atoms with Gasteiger partial charge in [-0.2, -0.15) is 10.1 Å². The zero-order valence-electron chi connectivity index (χ0n) is 14.2. The molecule has 3 aromatic rings. The number of anilines is 2. The van der Waals surface area contributed by atoms with Crippen LogP contribution in [0.3, 0.4) is 0 Å². The predicted octanol–water partition coefficient (Wildman–Crippen LogP) is 2.00. The summed E-state index contributed by atoms with van der Waals surface area (Å²) in [6, 6.07) is 5.67. The van der Waals surface area contributed by atoms with E-state index in [0.717, 1.165) is 21.1 Å². The molecule has 1 aliphatic heterocycles. The minimum atomic E-state index is -0.552. The monoisotopic (exact) mass is 416 g/mol. The van der Waals surface area contributed by atoms with Gasteiger partial charge in [0.25, 0.3) is 0 Å². The lowest BCUT2D eigenvalue weighted by Gasteiger charge is -2.12. The van der Waals surface area contributed by atoms with E-state index in [1.165, 1.54) is 0 Å². The number of aryl methyl sites for hydroxylation is 1. The fourth-order valence-electron chi connectivity index (χ4n) is 3.08. The first-order valence-electron chi connectivity index (χ1n) is 8.16. The van der Waals surface area contributed by atoms with Gasteiger partial charge in [-0.3, -0.25) is 9.48 Å². The number of nitrogens with one attached hydrogen (secondary N) is 2. The number of carbonyl (C=O) groups is 1. The lowest BCUT2D eigenvalue weighted by Crippen LogP contribution is -2.19. The van der Waals surface area contributed by atoms with Crippen molar-refractivity contribution in [3.8, 4) is 0 Å². The van der Waals surface area contributed by atoms with Crippen LogP contribution in [0.1, 0.15) is 24.1 Å². The number of rotatable bonds is 4. The molecule has 0 bridgehead atoms. The smallest absolute Gasteiger partial charge is 0.238 e. The molecule has 26 heavy (non-hydrogen) atoms. The maximum absolute atomic E-state index is 12.7. The molecule has 3 N–H and O–H groups in total. The first-order valence-corrected chi connectivity index (χ1v) is 8.95. The number of carbonyl (C=O) groups excluding carboxylic acids is 1. The van der Waals surface area contributed by atoms with Gasteiger partial charge in [0.1, 0.15) is 5.92 Å². The number of halogens is 1. The average Bonchev–Trinajstić information content (AvgIpc) is 3.10. The fourth-order valence-corrected chi connectivity index (χ4v) is 3.46. The van der Waals surface area contributed by atoms with Crippen LogP contribution in [-0.4, -0.2) is 43.4 Å². The summed E-state index contributed by atoms with van der Waals surface area (Å²) in [5.74, 6) is -0.351. The van der Waals surface area contributed by atoms with Crippen LogP contribution in [0.4, 0.5) is 11.6 Å². The third kappa shape index (κ3) is 2.93. The van der Waals surface area contributed by atoms with E-state index in [2.05, 4.69) is 41.6 Å². The van der Waals surface area contributed by atoms with Gasteiger partial charge in [-0.25, -0.2) is 4.98 Å². The van der Waals surface area contributed by atoms with Crippen molar-refractivity contribution in [1.82, 2.24) is 19.7 Å². The van der Waals surface area contributed by atoms with Gasteiger partial charge in [-0.05, 0) is 30.7 Å². The molecule has 2 aromatic heterocycles. The van der Waals surface area contributed by atoms with Crippen LogP contribution >= 0.6 is 15.9 Å². The van der Waals surface area contributed by atoms with Gasteiger partial charge in [0.05, 0.1) is 17.2 Å². The highest BCUT2D eigenvalue weighted by atomic mass is 79.9. The maximum atomic E-state index is 12.7. The van der Waals surface area contributed by atoms with E-state index in [9.17, 15) is 9.90 Å². The van der Waals surface area contributed by atoms with Crippen LogP contribution in [0.2, 0.25) is 0 Å². The molecular formula is C17H17BrN6O2. The normalized spacial score (nSPS) is 17.2. The lowest BCUT2D eigenvalue weighted by molar-refractivity contribution is -0.116. The van der Waals surface area contributed by atoms with Gasteiger partial charge >= 0.3 is 0 Å². The Morgan fingerprint density at radius 1 is 1.42 bits per heavy atom. The van der Waals surface area contributed by atoms with Crippen LogP contribution < -0.4 is 10.6 Å². The van der Waals surface area contributed by atoms with Crippen molar-refractivity contribution in [2.75, 3.05) is 17.2 Å². The van der Waals surface area contributed by atoms with E-state index in [0.29, 0.717) is 23.8 Å². The molecule has 1 aromatic carbocycles. The summed E-state index contributed by atoms with van der Waals surface area (Å²) < 4.78 is 2.54. The van der Waals surface area contributed by atoms with Crippen molar-refractivity contribution in [2.45, 2.75) is 18.9 Å². The summed E-state index contributed by atoms with van der Waals surface area (Å²) >= 11 is 3.47. The zero-order valence-corrected chi connectivity index (χ0v) is 15.8. The van der Waals surface area contributed by atoms with Crippen molar-refractivity contribution in [2.24, 2.45) is 7.05 Å². The number of benzene rings is 1. The van der Waals surface area contributed by atoms with Crippen LogP contribution in [0.15, 0.2) is 28.9 Å². The van der Waals surface area contributed by atoms with Crippen LogP contribution in [-0.2, 0) is 11.8 Å². The molecule has 134 valence electrons. The van der Waals surface area contributed by atoms with Crippen LogP contribution in [0.25, 0.3) is 11.0 Å². The molecule has 2 unspecified atom stereocenters. The molecule has 0 saturated heterocycles. The van der Waals surface area contributed by atoms with E-state index in [1.54, 1.807) is 18.7 Å². The SMILES string of the molecule is CC(O)CNc1nc(C2C(=O)Nc3ccc(Br)cc32)c2cn(C)nc2n1. The molecule has 1 aliphatic rings. The number of aromatic nitrogens is 4. The standard InChI is InChI=1S/C17H17BrN6O2/c1-8(25)6-19-17-21-14(11-7-24(2)23-15(11)22-17)13-10-5-9(18)3-4-12(10)20-16(13)26/h3-5,7-8,13,25H,6H2,1-2H3,(H,20,26)(H,19,22,23). The quantitative estimate of drug-likeness (QED) is 0.600. The van der Waals surface area contributed by atoms with E-state index in [-0.39, 0.29) is 5.91 Å². The molecule has 2 atom stereocenters. The summed E-state index contributed by atoms with van der Waals surface area (Å²) in [4.78, 5) is 21.7. The molecule has 9 heteroatoms. The topological polar surface area (TPSA) is 105 Å². The summed E-state index contributed by atoms with van der Waals surface area (Å²) in [7, 11) is 1.80. The number of aliphatic hydroxyl groups excluding tert-OH is 1. The Bertz CT molecular complexity index is 1020. The third-order valence-electron chi connectivity index (χ3n) is 4.20. The predicted molar refractivity (Wildman–Crippen MR) is 101 cm³/mol. The number of aliphatic hydroxyl groups is 1. The lowest BCUT2D eigenvalue weighted by atomic mass is 9.95. The fraction of sp³-hybridized carbons (Fsp3) is 0.294. The van der Waals surface area contributed by atoms with Crippen molar-refractivity contribution < 1.29 is 9.90 Å². The Balaban J connectivity index is 1.88. The molecule has 3 heterocycles. The Morgan fingerprint density at radius 3 is 3.00 bits per heavy atom. The molecule has 0 saturated carbocycles. The van der Waals surface area contributed by atoms with Gasteiger partial charge < -0.3 is 15.7 Å². The van der Waals surface area contributed by atoms with E-state index in [1.807, 2.05) is 24.4 Å². The zero-order chi connectivity index (χ0) is 18.4. The molecule has 8 nitrogen and oxygen atoms in total. The van der Waals surface area contributed by atoms with Crippen molar-refractivity contribution in [3.05, 3.63) is 40.1 Å². The minimum absolute atomic E-state index is 0.136. The molecule has 0 fully saturated rings. The summed E-state index contributed by atoms with van der Waals surface area (Å²) in [5.41, 5.74) is 2.72. The third-order valence-corrected chi connectivity index (χ3v) is 4.69. The second-order valence-electron chi connectivity index (χ2n) is 6.36.